The number of hydrogen-bond donors (Lipinski definition) is 2. The molecule has 0 unspecified atom stereocenters. The Hall–Kier alpha value is -2.51. The van der Waals surface area contributed by atoms with E-state index in [4.69, 9.17) is 5.73 Å². The van der Waals surface area contributed by atoms with Gasteiger partial charge in [0.15, 0.2) is 0 Å². The fraction of sp³-hybridized carbons (Fsp3) is 0.385. The molecule has 0 spiro atoms. The average Bonchev–Trinajstić information content (AvgIpc) is 2.29. The summed E-state index contributed by atoms with van der Waals surface area (Å²) in [6.07, 6.45) is -0.145. The molecule has 0 aromatic heterocycles. The number of halogens is 1. The number of amides is 2. The molecule has 114 valence electrons. The van der Waals surface area contributed by atoms with Gasteiger partial charge in [-0.25, -0.2) is 4.39 Å². The van der Waals surface area contributed by atoms with Gasteiger partial charge in [0.1, 0.15) is 5.82 Å². The first kappa shape index (κ1) is 16.5. The summed E-state index contributed by atoms with van der Waals surface area (Å²) in [5.74, 6) is -2.31. The Morgan fingerprint density at radius 2 is 2.00 bits per heavy atom. The number of benzene rings is 1. The molecule has 0 saturated heterocycles. The quantitative estimate of drug-likeness (QED) is 0.631. The predicted molar refractivity (Wildman–Crippen MR) is 73.1 cm³/mol. The molecule has 0 saturated carbocycles. The van der Waals surface area contributed by atoms with Crippen molar-refractivity contribution < 1.29 is 18.9 Å². The number of non-ortho nitro benzene ring substituents is 1. The molecule has 0 bridgehead atoms. The second-order valence-corrected chi connectivity index (χ2v) is 5.36. The summed E-state index contributed by atoms with van der Waals surface area (Å²) in [5, 5.41) is 13.2. The van der Waals surface area contributed by atoms with E-state index in [9.17, 15) is 24.1 Å². The number of carbonyl (C=O) groups excluding carboxylic acids is 2. The summed E-state index contributed by atoms with van der Waals surface area (Å²) < 4.78 is 14.0. The Bertz CT molecular complexity index is 614. The molecule has 3 N–H and O–H groups in total. The van der Waals surface area contributed by atoms with E-state index >= 15 is 0 Å². The summed E-state index contributed by atoms with van der Waals surface area (Å²) in [6.45, 7) is 4.41. The third-order valence-corrected chi connectivity index (χ3v) is 2.76. The van der Waals surface area contributed by atoms with Crippen LogP contribution >= 0.6 is 0 Å². The van der Waals surface area contributed by atoms with Crippen LogP contribution in [0.4, 0.5) is 10.1 Å². The maximum Gasteiger partial charge on any atom is 0.270 e. The molecular formula is C13H16FN3O4. The van der Waals surface area contributed by atoms with Crippen molar-refractivity contribution in [1.29, 1.82) is 0 Å². The Morgan fingerprint density at radius 3 is 2.48 bits per heavy atom. The molecule has 1 rings (SSSR count). The number of carbonyl (C=O) groups is 2. The van der Waals surface area contributed by atoms with Gasteiger partial charge in [-0.3, -0.25) is 19.7 Å². The molecule has 0 aliphatic heterocycles. The number of nitro benzene ring substituents is 1. The first-order chi connectivity index (χ1) is 9.53. The number of nitrogens with zero attached hydrogens (tertiary/aromatic N) is 1. The largest absolute Gasteiger partial charge is 0.370 e. The maximum absolute atomic E-state index is 14.0. The second-order valence-electron chi connectivity index (χ2n) is 5.36. The molecule has 2 amide bonds. The van der Waals surface area contributed by atoms with E-state index in [-0.39, 0.29) is 17.7 Å². The lowest BCUT2D eigenvalue weighted by molar-refractivity contribution is -0.385. The minimum atomic E-state index is -0.992. The molecule has 0 radical (unpaired) electrons. The normalized spacial score (nSPS) is 11.0. The fourth-order valence-corrected chi connectivity index (χ4v) is 1.88. The van der Waals surface area contributed by atoms with Gasteiger partial charge in [0.05, 0.1) is 10.5 Å². The van der Waals surface area contributed by atoms with Crippen molar-refractivity contribution in [3.05, 3.63) is 39.2 Å². The van der Waals surface area contributed by atoms with Crippen LogP contribution in [0.5, 0.6) is 0 Å². The lowest BCUT2D eigenvalue weighted by Crippen LogP contribution is -2.46. The van der Waals surface area contributed by atoms with Gasteiger partial charge in [-0.1, -0.05) is 0 Å². The van der Waals surface area contributed by atoms with E-state index in [0.29, 0.717) is 0 Å². The summed E-state index contributed by atoms with van der Waals surface area (Å²) >= 11 is 0. The van der Waals surface area contributed by atoms with E-state index in [2.05, 4.69) is 5.32 Å². The fourth-order valence-electron chi connectivity index (χ4n) is 1.88. The van der Waals surface area contributed by atoms with Gasteiger partial charge in [-0.05, 0) is 26.3 Å². The molecule has 1 aromatic carbocycles. The number of aryl methyl sites for hydroxylation is 1. The Kier molecular flexibility index (Phi) is 4.62. The monoisotopic (exact) mass is 297 g/mol. The van der Waals surface area contributed by atoms with Crippen LogP contribution in [0.25, 0.3) is 0 Å². The highest BCUT2D eigenvalue weighted by molar-refractivity contribution is 5.96. The minimum absolute atomic E-state index is 0.0120. The standard InChI is InChI=1S/C13H16FN3O4/c1-7-4-8(17(20)21)5-9(11(7)14)12(19)16-13(2,3)6-10(15)18/h4-5H,6H2,1-3H3,(H2,15,18)(H,16,19). The van der Waals surface area contributed by atoms with E-state index < -0.39 is 33.7 Å². The van der Waals surface area contributed by atoms with Gasteiger partial charge in [-0.2, -0.15) is 0 Å². The van der Waals surface area contributed by atoms with E-state index in [1.807, 2.05) is 0 Å². The topological polar surface area (TPSA) is 115 Å². The lowest BCUT2D eigenvalue weighted by Gasteiger charge is -2.24. The van der Waals surface area contributed by atoms with Gasteiger partial charge in [0, 0.05) is 24.1 Å². The van der Waals surface area contributed by atoms with Crippen molar-refractivity contribution in [1.82, 2.24) is 5.32 Å². The average molecular weight is 297 g/mol. The van der Waals surface area contributed by atoms with Gasteiger partial charge in [0.2, 0.25) is 5.91 Å². The molecule has 7 nitrogen and oxygen atoms in total. The van der Waals surface area contributed by atoms with Crippen LogP contribution in [0.2, 0.25) is 0 Å². The molecule has 0 fully saturated rings. The summed E-state index contributed by atoms with van der Waals surface area (Å²) in [6, 6.07) is 1.90. The Labute approximate surface area is 120 Å². The predicted octanol–water partition coefficient (Wildman–Crippen LogP) is 1.43. The Balaban J connectivity index is 3.13. The van der Waals surface area contributed by atoms with Crippen LogP contribution < -0.4 is 11.1 Å². The second kappa shape index (κ2) is 5.86. The van der Waals surface area contributed by atoms with Gasteiger partial charge in [0.25, 0.3) is 11.6 Å². The van der Waals surface area contributed by atoms with Crippen LogP contribution in [0.3, 0.4) is 0 Å². The van der Waals surface area contributed by atoms with Crippen LogP contribution in [0.1, 0.15) is 36.2 Å². The number of nitrogens with one attached hydrogen (secondary N) is 1. The van der Waals surface area contributed by atoms with Crippen LogP contribution in [-0.2, 0) is 4.79 Å². The number of nitro groups is 1. The first-order valence-corrected chi connectivity index (χ1v) is 6.09. The van der Waals surface area contributed by atoms with Crippen molar-refractivity contribution in [3.8, 4) is 0 Å². The summed E-state index contributed by atoms with van der Waals surface area (Å²) in [5.41, 5.74) is 3.23. The zero-order chi connectivity index (χ0) is 16.4. The van der Waals surface area contributed by atoms with Crippen molar-refractivity contribution in [2.45, 2.75) is 32.7 Å². The highest BCUT2D eigenvalue weighted by Gasteiger charge is 2.26. The van der Waals surface area contributed by atoms with Crippen LogP contribution in [0.15, 0.2) is 12.1 Å². The molecule has 0 heterocycles. The SMILES string of the molecule is Cc1cc([N+](=O)[O-])cc(C(=O)NC(C)(C)CC(N)=O)c1F. The highest BCUT2D eigenvalue weighted by atomic mass is 19.1. The van der Waals surface area contributed by atoms with Crippen molar-refractivity contribution in [3.63, 3.8) is 0 Å². The third-order valence-electron chi connectivity index (χ3n) is 2.76. The number of nitrogens with two attached hydrogens (primary N) is 1. The highest BCUT2D eigenvalue weighted by Crippen LogP contribution is 2.22. The smallest absolute Gasteiger partial charge is 0.270 e. The van der Waals surface area contributed by atoms with Crippen LogP contribution in [0, 0.1) is 22.9 Å². The first-order valence-electron chi connectivity index (χ1n) is 6.09. The minimum Gasteiger partial charge on any atom is -0.370 e. The molecule has 21 heavy (non-hydrogen) atoms. The van der Waals surface area contributed by atoms with E-state index in [1.54, 1.807) is 0 Å². The zero-order valence-corrected chi connectivity index (χ0v) is 11.9. The molecule has 0 aliphatic rings. The zero-order valence-electron chi connectivity index (χ0n) is 11.9. The lowest BCUT2D eigenvalue weighted by atomic mass is 9.99. The third kappa shape index (κ3) is 4.23. The van der Waals surface area contributed by atoms with Crippen molar-refractivity contribution in [2.24, 2.45) is 5.73 Å². The molecule has 0 aliphatic carbocycles. The maximum atomic E-state index is 14.0. The number of primary amides is 1. The summed E-state index contributed by atoms with van der Waals surface area (Å²) in [7, 11) is 0. The van der Waals surface area contributed by atoms with Crippen LogP contribution in [-0.4, -0.2) is 22.3 Å². The van der Waals surface area contributed by atoms with Crippen molar-refractivity contribution in [2.75, 3.05) is 0 Å². The molecule has 8 heteroatoms. The number of hydrogen-bond acceptors (Lipinski definition) is 4. The van der Waals surface area contributed by atoms with E-state index in [0.717, 1.165) is 12.1 Å². The summed E-state index contributed by atoms with van der Waals surface area (Å²) in [4.78, 5) is 33.0. The van der Waals surface area contributed by atoms with Gasteiger partial charge < -0.3 is 11.1 Å². The molecular weight excluding hydrogens is 281 g/mol. The Morgan fingerprint density at radius 1 is 1.43 bits per heavy atom. The van der Waals surface area contributed by atoms with Crippen molar-refractivity contribution >= 4 is 17.5 Å². The number of rotatable bonds is 5. The van der Waals surface area contributed by atoms with E-state index in [1.165, 1.54) is 20.8 Å². The van der Waals surface area contributed by atoms with Gasteiger partial charge in [-0.15, -0.1) is 0 Å². The molecule has 1 aromatic rings. The van der Waals surface area contributed by atoms with Gasteiger partial charge >= 0.3 is 0 Å². The molecule has 0 atom stereocenters.